The molecule has 0 aliphatic carbocycles. The fourth-order valence-corrected chi connectivity index (χ4v) is 2.67. The van der Waals surface area contributed by atoms with Crippen LogP contribution in [0.2, 0.25) is 0 Å². The number of carbonyl (C=O) groups excluding carboxylic acids is 2. The van der Waals surface area contributed by atoms with Crippen LogP contribution in [0.25, 0.3) is 0 Å². The summed E-state index contributed by atoms with van der Waals surface area (Å²) in [4.78, 5) is 25.5. The van der Waals surface area contributed by atoms with E-state index in [0.717, 1.165) is 18.4 Å². The lowest BCUT2D eigenvalue weighted by Crippen LogP contribution is -2.44. The molecule has 1 fully saturated rings. The van der Waals surface area contributed by atoms with Gasteiger partial charge in [-0.1, -0.05) is 30.3 Å². The van der Waals surface area contributed by atoms with Gasteiger partial charge in [-0.05, 0) is 25.3 Å². The van der Waals surface area contributed by atoms with Gasteiger partial charge in [-0.15, -0.1) is 0 Å². The molecule has 0 atom stereocenters. The molecule has 0 spiro atoms. The highest BCUT2D eigenvalue weighted by atomic mass is 16.6. The van der Waals surface area contributed by atoms with Crippen LogP contribution in [0, 0.1) is 11.3 Å². The van der Waals surface area contributed by atoms with Gasteiger partial charge in [0, 0.05) is 31.9 Å². The molecule has 0 saturated carbocycles. The molecule has 7 heteroatoms. The van der Waals surface area contributed by atoms with Gasteiger partial charge in [0.1, 0.15) is 11.6 Å². The summed E-state index contributed by atoms with van der Waals surface area (Å²) < 4.78 is 4.99. The van der Waals surface area contributed by atoms with Crippen molar-refractivity contribution in [2.45, 2.75) is 32.4 Å². The van der Waals surface area contributed by atoms with Crippen LogP contribution in [-0.4, -0.2) is 42.6 Å². The number of nitriles is 1. The van der Waals surface area contributed by atoms with E-state index in [2.05, 4.69) is 10.6 Å². The normalized spacial score (nSPS) is 15.1. The number of rotatable bonds is 6. The highest BCUT2D eigenvalue weighted by Gasteiger charge is 2.23. The largest absolute Gasteiger partial charge is 0.450 e. The van der Waals surface area contributed by atoms with Crippen molar-refractivity contribution >= 4 is 12.0 Å². The van der Waals surface area contributed by atoms with E-state index in [1.54, 1.807) is 11.8 Å². The Morgan fingerprint density at radius 1 is 1.31 bits per heavy atom. The van der Waals surface area contributed by atoms with Gasteiger partial charge < -0.3 is 20.3 Å². The van der Waals surface area contributed by atoms with Crippen LogP contribution in [0.1, 0.15) is 25.3 Å². The minimum atomic E-state index is -0.409. The smallest absolute Gasteiger partial charge is 0.409 e. The molecular formula is C19H24N4O3. The van der Waals surface area contributed by atoms with Gasteiger partial charge in [0.25, 0.3) is 5.91 Å². The van der Waals surface area contributed by atoms with Crippen molar-refractivity contribution in [3.63, 3.8) is 0 Å². The standard InChI is InChI=1S/C19H24N4O3/c1-2-26-19(25)23-10-8-17(9-11-23)21-14-16(12-20)18(24)22-13-15-6-4-3-5-7-15/h3-7,14,17,21H,2,8-11,13H2,1H3,(H,22,24)/b16-14-. The van der Waals surface area contributed by atoms with Gasteiger partial charge in [-0.3, -0.25) is 4.79 Å². The van der Waals surface area contributed by atoms with Crippen molar-refractivity contribution in [2.75, 3.05) is 19.7 Å². The molecule has 1 aromatic rings. The maximum atomic E-state index is 12.1. The zero-order valence-electron chi connectivity index (χ0n) is 14.9. The number of nitrogens with one attached hydrogen (secondary N) is 2. The number of hydrogen-bond donors (Lipinski definition) is 2. The van der Waals surface area contributed by atoms with Crippen LogP contribution in [0.3, 0.4) is 0 Å². The van der Waals surface area contributed by atoms with Crippen LogP contribution >= 0.6 is 0 Å². The summed E-state index contributed by atoms with van der Waals surface area (Å²) in [7, 11) is 0. The van der Waals surface area contributed by atoms with E-state index in [1.807, 2.05) is 36.4 Å². The van der Waals surface area contributed by atoms with Crippen molar-refractivity contribution < 1.29 is 14.3 Å². The lowest BCUT2D eigenvalue weighted by Gasteiger charge is -2.31. The minimum absolute atomic E-state index is 0.0359. The van der Waals surface area contributed by atoms with Crippen molar-refractivity contribution in [2.24, 2.45) is 0 Å². The Labute approximate surface area is 153 Å². The van der Waals surface area contributed by atoms with E-state index < -0.39 is 5.91 Å². The first-order valence-electron chi connectivity index (χ1n) is 8.74. The van der Waals surface area contributed by atoms with E-state index in [1.165, 1.54) is 6.20 Å². The lowest BCUT2D eigenvalue weighted by atomic mass is 10.1. The predicted molar refractivity (Wildman–Crippen MR) is 96.7 cm³/mol. The van der Waals surface area contributed by atoms with Gasteiger partial charge in [-0.2, -0.15) is 5.26 Å². The number of carbonyl (C=O) groups is 2. The second-order valence-electron chi connectivity index (χ2n) is 5.97. The summed E-state index contributed by atoms with van der Waals surface area (Å²) >= 11 is 0. The van der Waals surface area contributed by atoms with Crippen molar-refractivity contribution in [3.05, 3.63) is 47.7 Å². The molecule has 26 heavy (non-hydrogen) atoms. The number of ether oxygens (including phenoxy) is 1. The fraction of sp³-hybridized carbons (Fsp3) is 0.421. The maximum Gasteiger partial charge on any atom is 0.409 e. The monoisotopic (exact) mass is 356 g/mol. The van der Waals surface area contributed by atoms with Crippen LogP contribution in [0.5, 0.6) is 0 Å². The van der Waals surface area contributed by atoms with E-state index >= 15 is 0 Å². The Hall–Kier alpha value is -3.01. The minimum Gasteiger partial charge on any atom is -0.450 e. The molecule has 0 aromatic heterocycles. The van der Waals surface area contributed by atoms with Crippen LogP contribution in [0.15, 0.2) is 42.1 Å². The third-order valence-corrected chi connectivity index (χ3v) is 4.15. The first-order valence-corrected chi connectivity index (χ1v) is 8.74. The number of likely N-dealkylation sites (tertiary alicyclic amines) is 1. The molecular weight excluding hydrogens is 332 g/mol. The summed E-state index contributed by atoms with van der Waals surface area (Å²) in [6.07, 6.45) is 2.64. The zero-order chi connectivity index (χ0) is 18.8. The molecule has 7 nitrogen and oxygen atoms in total. The third kappa shape index (κ3) is 5.81. The molecule has 0 radical (unpaired) electrons. The molecule has 1 aromatic carbocycles. The summed E-state index contributed by atoms with van der Waals surface area (Å²) in [5.41, 5.74) is 1.01. The first kappa shape index (κ1) is 19.3. The first-order chi connectivity index (χ1) is 12.6. The van der Waals surface area contributed by atoms with Crippen molar-refractivity contribution in [3.8, 4) is 6.07 Å². The highest BCUT2D eigenvalue weighted by Crippen LogP contribution is 2.12. The highest BCUT2D eigenvalue weighted by molar-refractivity contribution is 5.97. The molecule has 1 aliphatic rings. The molecule has 1 saturated heterocycles. The van der Waals surface area contributed by atoms with Crippen molar-refractivity contribution in [1.29, 1.82) is 5.26 Å². The predicted octanol–water partition coefficient (Wildman–Crippen LogP) is 1.92. The molecule has 2 rings (SSSR count). The van der Waals surface area contributed by atoms with E-state index in [0.29, 0.717) is 26.2 Å². The molecule has 0 bridgehead atoms. The molecule has 2 N–H and O–H groups in total. The van der Waals surface area contributed by atoms with Gasteiger partial charge >= 0.3 is 6.09 Å². The Bertz CT molecular complexity index is 674. The molecule has 1 aliphatic heterocycles. The Kier molecular flexibility index (Phi) is 7.49. The summed E-state index contributed by atoms with van der Waals surface area (Å²) in [6.45, 7) is 3.70. The molecule has 1 heterocycles. The van der Waals surface area contributed by atoms with E-state index in [9.17, 15) is 14.9 Å². The number of hydrogen-bond acceptors (Lipinski definition) is 5. The Balaban J connectivity index is 1.79. The Morgan fingerprint density at radius 2 is 2.00 bits per heavy atom. The molecule has 0 unspecified atom stereocenters. The average Bonchev–Trinajstić information content (AvgIpc) is 2.68. The molecule has 138 valence electrons. The summed E-state index contributed by atoms with van der Waals surface area (Å²) in [5, 5.41) is 15.1. The second kappa shape index (κ2) is 10.1. The number of piperidine rings is 1. The van der Waals surface area contributed by atoms with Gasteiger partial charge in [0.2, 0.25) is 0 Å². The number of nitrogens with zero attached hydrogens (tertiary/aromatic N) is 2. The van der Waals surface area contributed by atoms with Gasteiger partial charge in [0.15, 0.2) is 0 Å². The van der Waals surface area contributed by atoms with Crippen LogP contribution in [0.4, 0.5) is 4.79 Å². The Morgan fingerprint density at radius 3 is 2.62 bits per heavy atom. The fourth-order valence-electron chi connectivity index (χ4n) is 2.67. The van der Waals surface area contributed by atoms with Crippen LogP contribution in [-0.2, 0) is 16.1 Å². The quantitative estimate of drug-likeness (QED) is 0.600. The summed E-state index contributed by atoms with van der Waals surface area (Å²) in [6, 6.07) is 11.6. The molecule has 2 amide bonds. The topological polar surface area (TPSA) is 94.5 Å². The van der Waals surface area contributed by atoms with E-state index in [4.69, 9.17) is 4.74 Å². The van der Waals surface area contributed by atoms with Gasteiger partial charge in [-0.25, -0.2) is 4.79 Å². The summed E-state index contributed by atoms with van der Waals surface area (Å²) in [5.74, 6) is -0.409. The van der Waals surface area contributed by atoms with E-state index in [-0.39, 0.29) is 17.7 Å². The average molecular weight is 356 g/mol. The SMILES string of the molecule is CCOC(=O)N1CCC(N/C=C(/C#N)C(=O)NCc2ccccc2)CC1. The van der Waals surface area contributed by atoms with Crippen LogP contribution < -0.4 is 10.6 Å². The number of benzene rings is 1. The van der Waals surface area contributed by atoms with Gasteiger partial charge in [0.05, 0.1) is 6.61 Å². The maximum absolute atomic E-state index is 12.1. The second-order valence-corrected chi connectivity index (χ2v) is 5.97. The zero-order valence-corrected chi connectivity index (χ0v) is 14.9. The lowest BCUT2D eigenvalue weighted by molar-refractivity contribution is -0.117. The van der Waals surface area contributed by atoms with Crippen molar-refractivity contribution in [1.82, 2.24) is 15.5 Å². The number of amides is 2. The third-order valence-electron chi connectivity index (χ3n) is 4.15.